The summed E-state index contributed by atoms with van der Waals surface area (Å²) in [6.07, 6.45) is 2.90. The first kappa shape index (κ1) is 14.0. The average Bonchev–Trinajstić information content (AvgIpc) is 2.69. The van der Waals surface area contributed by atoms with Gasteiger partial charge in [-0.15, -0.1) is 11.3 Å². The van der Waals surface area contributed by atoms with Crippen molar-refractivity contribution in [1.82, 2.24) is 4.90 Å². The van der Waals surface area contributed by atoms with E-state index >= 15 is 0 Å². The first-order valence-electron chi connectivity index (χ1n) is 6.31. The largest absolute Gasteiger partial charge is 0.390 e. The van der Waals surface area contributed by atoms with Crippen LogP contribution < -0.4 is 5.73 Å². The normalized spacial score (nSPS) is 10.5. The third-order valence-electron chi connectivity index (χ3n) is 2.66. The number of nitrogens with zero attached hydrogens (tertiary/aromatic N) is 1. The minimum atomic E-state index is 0.0853. The second-order valence-electron chi connectivity index (χ2n) is 4.14. The molecule has 0 atom stereocenters. The van der Waals surface area contributed by atoms with Gasteiger partial charge in [0.05, 0.1) is 10.6 Å². The smallest absolute Gasteiger partial charge is 0.256 e. The van der Waals surface area contributed by atoms with Crippen LogP contribution in [0.25, 0.3) is 0 Å². The molecule has 1 aromatic heterocycles. The summed E-state index contributed by atoms with van der Waals surface area (Å²) in [5, 5.41) is 0.657. The fourth-order valence-electron chi connectivity index (χ4n) is 1.82. The summed E-state index contributed by atoms with van der Waals surface area (Å²) in [6.45, 7) is 7.87. The average molecular weight is 254 g/mol. The van der Waals surface area contributed by atoms with Gasteiger partial charge in [0.1, 0.15) is 0 Å². The van der Waals surface area contributed by atoms with Crippen molar-refractivity contribution in [2.24, 2.45) is 0 Å². The zero-order valence-electron chi connectivity index (χ0n) is 11.0. The van der Waals surface area contributed by atoms with Gasteiger partial charge in [-0.2, -0.15) is 0 Å². The minimum Gasteiger partial charge on any atom is -0.390 e. The van der Waals surface area contributed by atoms with Gasteiger partial charge in [-0.1, -0.05) is 20.8 Å². The predicted octanol–water partition coefficient (Wildman–Crippen LogP) is 3.15. The third-order valence-corrected chi connectivity index (χ3v) is 3.77. The molecule has 17 heavy (non-hydrogen) atoms. The van der Waals surface area contributed by atoms with E-state index < -0.39 is 0 Å². The van der Waals surface area contributed by atoms with E-state index in [1.807, 2.05) is 11.0 Å². The molecular formula is C13H22N2OS. The van der Waals surface area contributed by atoms with Crippen LogP contribution >= 0.6 is 11.3 Å². The lowest BCUT2D eigenvalue weighted by molar-refractivity contribution is 0.0757. The van der Waals surface area contributed by atoms with Crippen LogP contribution in [0, 0.1) is 0 Å². The molecule has 0 aromatic carbocycles. The van der Waals surface area contributed by atoms with E-state index in [4.69, 9.17) is 5.73 Å². The molecule has 3 nitrogen and oxygen atoms in total. The van der Waals surface area contributed by atoms with E-state index in [1.54, 1.807) is 0 Å². The van der Waals surface area contributed by atoms with Crippen LogP contribution in [0.3, 0.4) is 0 Å². The van der Waals surface area contributed by atoms with Gasteiger partial charge < -0.3 is 10.6 Å². The molecule has 0 radical (unpaired) electrons. The summed E-state index contributed by atoms with van der Waals surface area (Å²) >= 11 is 1.53. The first-order chi connectivity index (χ1) is 8.13. The van der Waals surface area contributed by atoms with E-state index in [0.717, 1.165) is 32.4 Å². The Morgan fingerprint density at radius 2 is 1.88 bits per heavy atom. The van der Waals surface area contributed by atoms with Gasteiger partial charge in [0.15, 0.2) is 0 Å². The molecule has 0 unspecified atom stereocenters. The van der Waals surface area contributed by atoms with Crippen molar-refractivity contribution in [2.75, 3.05) is 18.8 Å². The van der Waals surface area contributed by atoms with E-state index in [-0.39, 0.29) is 5.91 Å². The molecule has 0 saturated heterocycles. The van der Waals surface area contributed by atoms with Crippen molar-refractivity contribution in [3.05, 3.63) is 16.5 Å². The molecule has 1 heterocycles. The van der Waals surface area contributed by atoms with Crippen molar-refractivity contribution < 1.29 is 4.79 Å². The van der Waals surface area contributed by atoms with Crippen LogP contribution in [0.5, 0.6) is 0 Å². The number of hydrogen-bond acceptors (Lipinski definition) is 3. The number of nitrogens with two attached hydrogens (primary N) is 1. The van der Waals surface area contributed by atoms with Gasteiger partial charge in [0.25, 0.3) is 5.91 Å². The van der Waals surface area contributed by atoms with Crippen LogP contribution in [0.1, 0.15) is 48.8 Å². The second-order valence-corrected chi connectivity index (χ2v) is 5.30. The Bertz CT molecular complexity index is 367. The Morgan fingerprint density at radius 1 is 1.29 bits per heavy atom. The fourth-order valence-corrected chi connectivity index (χ4v) is 2.68. The van der Waals surface area contributed by atoms with E-state index in [2.05, 4.69) is 20.8 Å². The van der Waals surface area contributed by atoms with Crippen molar-refractivity contribution in [3.63, 3.8) is 0 Å². The number of anilines is 1. The highest BCUT2D eigenvalue weighted by atomic mass is 32.1. The lowest BCUT2D eigenvalue weighted by Gasteiger charge is -2.21. The standard InChI is InChI=1S/C13H22N2OS/c1-4-7-15(8-5-2)13(16)11-9-10(6-3)17-12(11)14/h9H,4-8,14H2,1-3H3. The second kappa shape index (κ2) is 6.64. The quantitative estimate of drug-likeness (QED) is 0.847. The van der Waals surface area contributed by atoms with Gasteiger partial charge in [-0.3, -0.25) is 4.79 Å². The number of nitrogen functional groups attached to an aromatic ring is 1. The molecule has 0 aliphatic carbocycles. The zero-order chi connectivity index (χ0) is 12.8. The summed E-state index contributed by atoms with van der Waals surface area (Å²) in [6, 6.07) is 1.95. The molecule has 1 amide bonds. The van der Waals surface area contributed by atoms with E-state index in [1.165, 1.54) is 16.2 Å². The summed E-state index contributed by atoms with van der Waals surface area (Å²) in [7, 11) is 0. The maximum Gasteiger partial charge on any atom is 0.256 e. The van der Waals surface area contributed by atoms with Gasteiger partial charge in [0.2, 0.25) is 0 Å². The third kappa shape index (κ3) is 3.46. The number of rotatable bonds is 6. The van der Waals surface area contributed by atoms with Crippen molar-refractivity contribution in [2.45, 2.75) is 40.0 Å². The number of aryl methyl sites for hydroxylation is 1. The molecule has 0 saturated carbocycles. The highest BCUT2D eigenvalue weighted by Crippen LogP contribution is 2.26. The fraction of sp³-hybridized carbons (Fsp3) is 0.615. The molecule has 0 bridgehead atoms. The van der Waals surface area contributed by atoms with Crippen molar-refractivity contribution in [1.29, 1.82) is 0 Å². The van der Waals surface area contributed by atoms with Gasteiger partial charge in [0, 0.05) is 18.0 Å². The van der Waals surface area contributed by atoms with Crippen LogP contribution in [0.4, 0.5) is 5.00 Å². The Kier molecular flexibility index (Phi) is 5.48. The van der Waals surface area contributed by atoms with Crippen LogP contribution in [-0.2, 0) is 6.42 Å². The zero-order valence-corrected chi connectivity index (χ0v) is 11.8. The van der Waals surface area contributed by atoms with E-state index in [9.17, 15) is 4.79 Å². The Hall–Kier alpha value is -1.03. The summed E-state index contributed by atoms with van der Waals surface area (Å²) in [4.78, 5) is 15.4. The molecular weight excluding hydrogens is 232 g/mol. The first-order valence-corrected chi connectivity index (χ1v) is 7.13. The van der Waals surface area contributed by atoms with Crippen LogP contribution in [0.2, 0.25) is 0 Å². The lowest BCUT2D eigenvalue weighted by atomic mass is 10.2. The van der Waals surface area contributed by atoms with Gasteiger partial charge >= 0.3 is 0 Å². The molecule has 0 aliphatic heterocycles. The van der Waals surface area contributed by atoms with Crippen molar-refractivity contribution >= 4 is 22.2 Å². The molecule has 1 aromatic rings. The molecule has 1 rings (SSSR count). The van der Waals surface area contributed by atoms with E-state index in [0.29, 0.717) is 10.6 Å². The molecule has 4 heteroatoms. The maximum atomic E-state index is 12.3. The topological polar surface area (TPSA) is 46.3 Å². The van der Waals surface area contributed by atoms with Gasteiger partial charge in [-0.25, -0.2) is 0 Å². The minimum absolute atomic E-state index is 0.0853. The number of carbonyl (C=O) groups excluding carboxylic acids is 1. The summed E-state index contributed by atoms with van der Waals surface area (Å²) in [5.41, 5.74) is 6.61. The molecule has 0 spiro atoms. The highest BCUT2D eigenvalue weighted by molar-refractivity contribution is 7.16. The summed E-state index contributed by atoms with van der Waals surface area (Å²) < 4.78 is 0. The molecule has 0 fully saturated rings. The number of amides is 1. The van der Waals surface area contributed by atoms with Crippen LogP contribution in [0.15, 0.2) is 6.07 Å². The number of carbonyl (C=O) groups is 1. The Balaban J connectivity index is 2.87. The number of hydrogen-bond donors (Lipinski definition) is 1. The maximum absolute atomic E-state index is 12.3. The van der Waals surface area contributed by atoms with Gasteiger partial charge in [-0.05, 0) is 25.3 Å². The van der Waals surface area contributed by atoms with Crippen LogP contribution in [-0.4, -0.2) is 23.9 Å². The molecule has 0 aliphatic rings. The monoisotopic (exact) mass is 254 g/mol. The molecule has 96 valence electrons. The lowest BCUT2D eigenvalue weighted by Crippen LogP contribution is -2.32. The SMILES string of the molecule is CCCN(CCC)C(=O)c1cc(CC)sc1N. The Morgan fingerprint density at radius 3 is 2.29 bits per heavy atom. The summed E-state index contributed by atoms with van der Waals surface area (Å²) in [5.74, 6) is 0.0853. The number of thiophene rings is 1. The highest BCUT2D eigenvalue weighted by Gasteiger charge is 2.19. The Labute approximate surface area is 108 Å². The predicted molar refractivity (Wildman–Crippen MR) is 74.6 cm³/mol. The van der Waals surface area contributed by atoms with Crippen molar-refractivity contribution in [3.8, 4) is 0 Å². The molecule has 2 N–H and O–H groups in total.